The number of ether oxygens (including phenoxy) is 1. The lowest BCUT2D eigenvalue weighted by molar-refractivity contribution is 0.127. The van der Waals surface area contributed by atoms with Crippen molar-refractivity contribution < 1.29 is 9.94 Å². The van der Waals surface area contributed by atoms with Crippen LogP contribution < -0.4 is 11.1 Å². The second-order valence-corrected chi connectivity index (χ2v) is 5.36. The summed E-state index contributed by atoms with van der Waals surface area (Å²) in [5, 5.41) is 15.1. The van der Waals surface area contributed by atoms with Crippen molar-refractivity contribution in [1.29, 1.82) is 0 Å². The van der Waals surface area contributed by atoms with Gasteiger partial charge in [-0.2, -0.15) is 0 Å². The zero-order valence-electron chi connectivity index (χ0n) is 11.0. The van der Waals surface area contributed by atoms with Gasteiger partial charge in [0.1, 0.15) is 5.84 Å². The Labute approximate surface area is 98.0 Å². The van der Waals surface area contributed by atoms with Crippen LogP contribution in [0, 0.1) is 5.41 Å². The molecule has 0 atom stereocenters. The highest BCUT2D eigenvalue weighted by Crippen LogP contribution is 2.20. The average molecular weight is 231 g/mol. The fourth-order valence-electron chi connectivity index (χ4n) is 1.39. The molecule has 0 aromatic rings. The molecule has 0 aliphatic rings. The third kappa shape index (κ3) is 5.32. The fraction of sp³-hybridized carbons (Fsp3) is 0.909. The van der Waals surface area contributed by atoms with Crippen LogP contribution in [0.2, 0.25) is 0 Å². The quantitative estimate of drug-likeness (QED) is 0.266. The third-order valence-electron chi connectivity index (χ3n) is 2.66. The summed E-state index contributed by atoms with van der Waals surface area (Å²) in [5.74, 6) is 0.263. The van der Waals surface area contributed by atoms with E-state index in [1.165, 1.54) is 0 Å². The van der Waals surface area contributed by atoms with Crippen LogP contribution in [-0.2, 0) is 4.74 Å². The van der Waals surface area contributed by atoms with E-state index >= 15 is 0 Å². The van der Waals surface area contributed by atoms with Crippen molar-refractivity contribution in [2.24, 2.45) is 16.3 Å². The van der Waals surface area contributed by atoms with Crippen LogP contribution in [-0.4, -0.2) is 36.8 Å². The predicted molar refractivity (Wildman–Crippen MR) is 65.8 cm³/mol. The SMILES string of the molecule is COCC(C)(C)NCCC(C)(C)C(N)=NO. The van der Waals surface area contributed by atoms with Gasteiger partial charge < -0.3 is 21.0 Å². The molecule has 5 nitrogen and oxygen atoms in total. The van der Waals surface area contributed by atoms with E-state index in [2.05, 4.69) is 24.3 Å². The molecule has 0 heterocycles. The monoisotopic (exact) mass is 231 g/mol. The fourth-order valence-corrected chi connectivity index (χ4v) is 1.39. The molecule has 0 aliphatic heterocycles. The number of methoxy groups -OCH3 is 1. The molecule has 0 saturated heterocycles. The number of hydrogen-bond acceptors (Lipinski definition) is 4. The molecule has 0 saturated carbocycles. The van der Waals surface area contributed by atoms with Gasteiger partial charge in [0.2, 0.25) is 0 Å². The van der Waals surface area contributed by atoms with Gasteiger partial charge in [-0.3, -0.25) is 0 Å². The molecule has 0 fully saturated rings. The van der Waals surface area contributed by atoms with Gasteiger partial charge in [-0.1, -0.05) is 19.0 Å². The van der Waals surface area contributed by atoms with Crippen molar-refractivity contribution in [3.8, 4) is 0 Å². The summed E-state index contributed by atoms with van der Waals surface area (Å²) in [6.07, 6.45) is 0.802. The first-order valence-electron chi connectivity index (χ1n) is 5.47. The van der Waals surface area contributed by atoms with Crippen LogP contribution in [0.5, 0.6) is 0 Å². The Balaban J connectivity index is 4.07. The minimum Gasteiger partial charge on any atom is -0.409 e. The maximum absolute atomic E-state index is 8.64. The van der Waals surface area contributed by atoms with E-state index in [4.69, 9.17) is 15.7 Å². The van der Waals surface area contributed by atoms with Crippen molar-refractivity contribution in [3.63, 3.8) is 0 Å². The smallest absolute Gasteiger partial charge is 0.144 e. The Morgan fingerprint density at radius 1 is 1.38 bits per heavy atom. The van der Waals surface area contributed by atoms with Crippen LogP contribution >= 0.6 is 0 Å². The van der Waals surface area contributed by atoms with Crippen molar-refractivity contribution in [1.82, 2.24) is 5.32 Å². The largest absolute Gasteiger partial charge is 0.409 e. The predicted octanol–water partition coefficient (Wildman–Crippen LogP) is 1.16. The lowest BCUT2D eigenvalue weighted by atomic mass is 9.88. The molecule has 0 aliphatic carbocycles. The second-order valence-electron chi connectivity index (χ2n) is 5.36. The molecule has 0 aromatic carbocycles. The number of nitrogens with zero attached hydrogens (tertiary/aromatic N) is 1. The van der Waals surface area contributed by atoms with Gasteiger partial charge in [-0.05, 0) is 26.8 Å². The van der Waals surface area contributed by atoms with E-state index in [0.29, 0.717) is 6.61 Å². The Morgan fingerprint density at radius 3 is 2.38 bits per heavy atom. The van der Waals surface area contributed by atoms with Gasteiger partial charge in [0.15, 0.2) is 0 Å². The van der Waals surface area contributed by atoms with Crippen molar-refractivity contribution in [3.05, 3.63) is 0 Å². The summed E-state index contributed by atoms with van der Waals surface area (Å²) in [4.78, 5) is 0. The molecule has 96 valence electrons. The van der Waals surface area contributed by atoms with Crippen molar-refractivity contribution in [2.75, 3.05) is 20.3 Å². The summed E-state index contributed by atoms with van der Waals surface area (Å²) < 4.78 is 5.11. The highest BCUT2D eigenvalue weighted by molar-refractivity contribution is 5.85. The minimum absolute atomic E-state index is 0.0596. The molecule has 0 unspecified atom stereocenters. The first kappa shape index (κ1) is 15.2. The van der Waals surface area contributed by atoms with Gasteiger partial charge in [-0.15, -0.1) is 0 Å². The van der Waals surface area contributed by atoms with E-state index in [1.54, 1.807) is 7.11 Å². The Bertz CT molecular complexity index is 237. The minimum atomic E-state index is -0.301. The molecule has 0 spiro atoms. The highest BCUT2D eigenvalue weighted by atomic mass is 16.5. The summed E-state index contributed by atoms with van der Waals surface area (Å²) in [6.45, 7) is 9.50. The number of nitrogens with one attached hydrogen (secondary N) is 1. The van der Waals surface area contributed by atoms with Crippen LogP contribution in [0.15, 0.2) is 5.16 Å². The number of rotatable bonds is 7. The summed E-state index contributed by atoms with van der Waals surface area (Å²) >= 11 is 0. The first-order valence-corrected chi connectivity index (χ1v) is 5.47. The molecule has 0 aromatic heterocycles. The van der Waals surface area contributed by atoms with Crippen LogP contribution in [0.25, 0.3) is 0 Å². The van der Waals surface area contributed by atoms with Crippen molar-refractivity contribution >= 4 is 5.84 Å². The molecule has 5 heteroatoms. The highest BCUT2D eigenvalue weighted by Gasteiger charge is 2.24. The zero-order chi connectivity index (χ0) is 12.8. The maximum atomic E-state index is 8.64. The summed E-state index contributed by atoms with van der Waals surface area (Å²) in [7, 11) is 1.68. The molecular weight excluding hydrogens is 206 g/mol. The van der Waals surface area contributed by atoms with E-state index in [-0.39, 0.29) is 16.8 Å². The standard InChI is InChI=1S/C11H25N3O2/c1-10(2,9(12)14-15)6-7-13-11(3,4)8-16-5/h13,15H,6-8H2,1-5H3,(H2,12,14). The summed E-state index contributed by atoms with van der Waals surface area (Å²) in [5.41, 5.74) is 5.25. The Morgan fingerprint density at radius 2 is 1.94 bits per heavy atom. The van der Waals surface area contributed by atoms with E-state index < -0.39 is 0 Å². The van der Waals surface area contributed by atoms with Gasteiger partial charge in [0.25, 0.3) is 0 Å². The lowest BCUT2D eigenvalue weighted by Gasteiger charge is -2.29. The zero-order valence-corrected chi connectivity index (χ0v) is 11.0. The molecule has 4 N–H and O–H groups in total. The van der Waals surface area contributed by atoms with Crippen LogP contribution in [0.3, 0.4) is 0 Å². The van der Waals surface area contributed by atoms with Gasteiger partial charge in [0.05, 0.1) is 6.61 Å². The summed E-state index contributed by atoms with van der Waals surface area (Å²) in [6, 6.07) is 0. The third-order valence-corrected chi connectivity index (χ3v) is 2.66. The van der Waals surface area contributed by atoms with Crippen LogP contribution in [0.1, 0.15) is 34.1 Å². The average Bonchev–Trinajstić information content (AvgIpc) is 2.15. The van der Waals surface area contributed by atoms with Gasteiger partial charge in [0, 0.05) is 18.1 Å². The number of nitrogens with two attached hydrogens (primary N) is 1. The molecule has 0 rings (SSSR count). The molecular formula is C11H25N3O2. The van der Waals surface area contributed by atoms with Gasteiger partial charge in [-0.25, -0.2) is 0 Å². The van der Waals surface area contributed by atoms with Crippen molar-refractivity contribution in [2.45, 2.75) is 39.7 Å². The van der Waals surface area contributed by atoms with Crippen LogP contribution in [0.4, 0.5) is 0 Å². The van der Waals surface area contributed by atoms with E-state index in [9.17, 15) is 0 Å². The van der Waals surface area contributed by atoms with E-state index in [0.717, 1.165) is 13.0 Å². The maximum Gasteiger partial charge on any atom is 0.144 e. The number of amidine groups is 1. The normalized spacial score (nSPS) is 14.2. The van der Waals surface area contributed by atoms with E-state index in [1.807, 2.05) is 13.8 Å². The molecule has 0 radical (unpaired) electrons. The molecule has 16 heavy (non-hydrogen) atoms. The number of oxime groups is 1. The molecule has 0 amide bonds. The molecule has 0 bridgehead atoms. The number of hydrogen-bond donors (Lipinski definition) is 3. The Hall–Kier alpha value is -0.810. The Kier molecular flexibility index (Phi) is 5.75. The second kappa shape index (κ2) is 6.06. The topological polar surface area (TPSA) is 79.9 Å². The van der Waals surface area contributed by atoms with Gasteiger partial charge >= 0.3 is 0 Å². The lowest BCUT2D eigenvalue weighted by Crippen LogP contribution is -2.45. The first-order chi connectivity index (χ1) is 7.25.